The Labute approximate surface area is 180 Å². The van der Waals surface area contributed by atoms with Crippen LogP contribution in [0.5, 0.6) is 0 Å². The summed E-state index contributed by atoms with van der Waals surface area (Å²) in [4.78, 5) is 9.30. The molecule has 0 amide bonds. The van der Waals surface area contributed by atoms with Crippen LogP contribution in [0.2, 0.25) is 0 Å². The van der Waals surface area contributed by atoms with E-state index in [2.05, 4.69) is 25.3 Å². The fourth-order valence-corrected chi connectivity index (χ4v) is 4.87. The summed E-state index contributed by atoms with van der Waals surface area (Å²) in [5.41, 5.74) is 2.00. The summed E-state index contributed by atoms with van der Waals surface area (Å²) in [6.45, 7) is 0.744. The van der Waals surface area contributed by atoms with Crippen LogP contribution in [0.4, 0.5) is 17.5 Å². The molecule has 0 atom stereocenters. The molecular formula is C20H21N5O4S2. The predicted octanol–water partition coefficient (Wildman–Crippen LogP) is 2.38. The monoisotopic (exact) mass is 459 g/mol. The smallest absolute Gasteiger partial charge is 0.240 e. The van der Waals surface area contributed by atoms with E-state index in [4.69, 9.17) is 0 Å². The Bertz CT molecular complexity index is 1320. The summed E-state index contributed by atoms with van der Waals surface area (Å²) in [5.74, 6) is 0.864. The van der Waals surface area contributed by atoms with Gasteiger partial charge in [-0.15, -0.1) is 0 Å². The van der Waals surface area contributed by atoms with Crippen LogP contribution in [-0.2, 0) is 19.9 Å². The fourth-order valence-electron chi connectivity index (χ4n) is 3.12. The molecule has 0 saturated carbocycles. The molecule has 31 heavy (non-hydrogen) atoms. The van der Waals surface area contributed by atoms with Gasteiger partial charge in [0.1, 0.15) is 5.82 Å². The minimum Gasteiger partial charge on any atom is -0.369 e. The van der Waals surface area contributed by atoms with Crippen molar-refractivity contribution >= 4 is 37.3 Å². The van der Waals surface area contributed by atoms with Crippen molar-refractivity contribution in [1.82, 2.24) is 14.7 Å². The lowest BCUT2D eigenvalue weighted by Gasteiger charge is -2.13. The molecule has 1 aliphatic heterocycles. The molecule has 2 heterocycles. The molecule has 0 fully saturated rings. The lowest BCUT2D eigenvalue weighted by Crippen LogP contribution is -2.26. The van der Waals surface area contributed by atoms with E-state index < -0.39 is 19.9 Å². The van der Waals surface area contributed by atoms with Crippen molar-refractivity contribution in [2.45, 2.75) is 16.2 Å². The van der Waals surface area contributed by atoms with Gasteiger partial charge in [0.15, 0.2) is 9.84 Å². The minimum atomic E-state index is -3.61. The van der Waals surface area contributed by atoms with Crippen LogP contribution in [0.1, 0.15) is 6.42 Å². The molecule has 2 aromatic carbocycles. The number of hydrogen-bond acceptors (Lipinski definition) is 8. The van der Waals surface area contributed by atoms with Crippen LogP contribution < -0.4 is 15.4 Å². The number of nitrogens with one attached hydrogen (secondary N) is 3. The van der Waals surface area contributed by atoms with E-state index in [-0.39, 0.29) is 16.3 Å². The maximum atomic E-state index is 12.5. The first-order chi connectivity index (χ1) is 14.7. The van der Waals surface area contributed by atoms with Gasteiger partial charge in [-0.05, 0) is 42.3 Å². The quantitative estimate of drug-likeness (QED) is 0.533. The first-order valence-corrected chi connectivity index (χ1v) is 12.9. The molecule has 0 saturated heterocycles. The maximum Gasteiger partial charge on any atom is 0.240 e. The van der Waals surface area contributed by atoms with Crippen LogP contribution in [0, 0.1) is 0 Å². The van der Waals surface area contributed by atoms with Crippen molar-refractivity contribution in [3.63, 3.8) is 0 Å². The molecular weight excluding hydrogens is 438 g/mol. The van der Waals surface area contributed by atoms with Gasteiger partial charge in [-0.2, -0.15) is 4.98 Å². The number of benzene rings is 2. The summed E-state index contributed by atoms with van der Waals surface area (Å²) in [5, 5.41) is 6.26. The van der Waals surface area contributed by atoms with Gasteiger partial charge in [-0.3, -0.25) is 0 Å². The predicted molar refractivity (Wildman–Crippen MR) is 119 cm³/mol. The van der Waals surface area contributed by atoms with Crippen LogP contribution in [0.3, 0.4) is 0 Å². The highest BCUT2D eigenvalue weighted by atomic mass is 32.2. The van der Waals surface area contributed by atoms with Gasteiger partial charge < -0.3 is 10.6 Å². The van der Waals surface area contributed by atoms with Gasteiger partial charge in [-0.1, -0.05) is 18.2 Å². The minimum absolute atomic E-state index is 0.160. The zero-order valence-corrected chi connectivity index (χ0v) is 18.3. The highest BCUT2D eigenvalue weighted by Gasteiger charge is 2.16. The SMILES string of the molecule is CS(=O)(=O)c1ccc(-c2cnc3nc2NCCCNS(=O)(=O)c2cccc(c2)N3)cc1. The van der Waals surface area contributed by atoms with Gasteiger partial charge in [0.25, 0.3) is 0 Å². The van der Waals surface area contributed by atoms with E-state index in [1.54, 1.807) is 42.6 Å². The van der Waals surface area contributed by atoms with Gasteiger partial charge in [0.05, 0.1) is 9.79 Å². The third kappa shape index (κ3) is 4.84. The molecule has 1 aromatic heterocycles. The average Bonchev–Trinajstić information content (AvgIpc) is 2.73. The highest BCUT2D eigenvalue weighted by Crippen LogP contribution is 2.29. The summed E-state index contributed by atoms with van der Waals surface area (Å²) >= 11 is 0. The van der Waals surface area contributed by atoms with Crippen LogP contribution in [0.15, 0.2) is 64.5 Å². The van der Waals surface area contributed by atoms with Crippen molar-refractivity contribution in [1.29, 1.82) is 0 Å². The van der Waals surface area contributed by atoms with Gasteiger partial charge in [0.2, 0.25) is 16.0 Å². The van der Waals surface area contributed by atoms with Gasteiger partial charge >= 0.3 is 0 Å². The van der Waals surface area contributed by atoms with E-state index in [9.17, 15) is 16.8 Å². The Balaban J connectivity index is 1.72. The molecule has 11 heteroatoms. The third-order valence-corrected chi connectivity index (χ3v) is 7.31. The Hall–Kier alpha value is -3.02. The topological polar surface area (TPSA) is 130 Å². The second-order valence-electron chi connectivity index (χ2n) is 7.08. The van der Waals surface area contributed by atoms with Crippen molar-refractivity contribution in [2.24, 2.45) is 0 Å². The van der Waals surface area contributed by atoms with E-state index in [1.165, 1.54) is 12.1 Å². The zero-order valence-electron chi connectivity index (χ0n) is 16.7. The molecule has 1 aliphatic rings. The molecule has 4 rings (SSSR count). The zero-order chi connectivity index (χ0) is 22.1. The summed E-state index contributed by atoms with van der Waals surface area (Å²) in [7, 11) is -6.90. The van der Waals surface area contributed by atoms with Gasteiger partial charge in [-0.25, -0.2) is 26.5 Å². The van der Waals surface area contributed by atoms with Crippen LogP contribution in [-0.4, -0.2) is 46.1 Å². The number of anilines is 3. The Kier molecular flexibility index (Phi) is 5.65. The van der Waals surface area contributed by atoms with E-state index in [0.717, 1.165) is 11.8 Å². The largest absolute Gasteiger partial charge is 0.369 e. The lowest BCUT2D eigenvalue weighted by atomic mass is 10.1. The second kappa shape index (κ2) is 8.25. The number of fused-ring (bicyclic) bond motifs is 4. The first kappa shape index (κ1) is 21.2. The normalized spacial score (nSPS) is 16.0. The molecule has 3 N–H and O–H groups in total. The number of sulfone groups is 1. The van der Waals surface area contributed by atoms with Crippen molar-refractivity contribution in [3.05, 3.63) is 54.7 Å². The van der Waals surface area contributed by atoms with Gasteiger partial charge in [0, 0.05) is 36.8 Å². The molecule has 9 nitrogen and oxygen atoms in total. The molecule has 0 aliphatic carbocycles. The van der Waals surface area contributed by atoms with Crippen LogP contribution in [0.25, 0.3) is 11.1 Å². The standard InChI is InChI=1S/C20H21N5O4S2/c1-30(26,27)16-8-6-14(7-9-16)18-13-22-20-24-15-4-2-5-17(12-15)31(28,29)23-11-3-10-21-19(18)25-20/h2,4-9,12-13,23H,3,10-11H2,1H3,(H2,21,22,24,25). The number of nitrogens with zero attached hydrogens (tertiary/aromatic N) is 2. The molecule has 0 unspecified atom stereocenters. The highest BCUT2D eigenvalue weighted by molar-refractivity contribution is 7.90. The van der Waals surface area contributed by atoms with Crippen molar-refractivity contribution in [2.75, 3.05) is 30.0 Å². The number of rotatable bonds is 2. The molecule has 162 valence electrons. The second-order valence-corrected chi connectivity index (χ2v) is 10.9. The van der Waals surface area contributed by atoms with Crippen molar-refractivity contribution in [3.8, 4) is 11.1 Å². The number of hydrogen-bond donors (Lipinski definition) is 3. The first-order valence-electron chi connectivity index (χ1n) is 9.50. The summed E-state index contributed by atoms with van der Waals surface area (Å²) in [6.07, 6.45) is 3.35. The average molecular weight is 460 g/mol. The Morgan fingerprint density at radius 3 is 2.55 bits per heavy atom. The third-order valence-electron chi connectivity index (χ3n) is 4.72. The van der Waals surface area contributed by atoms with E-state index >= 15 is 0 Å². The fraction of sp³-hybridized carbons (Fsp3) is 0.200. The van der Waals surface area contributed by atoms with E-state index in [0.29, 0.717) is 36.0 Å². The maximum absolute atomic E-state index is 12.5. The Morgan fingerprint density at radius 1 is 1.03 bits per heavy atom. The van der Waals surface area contributed by atoms with E-state index in [1.807, 2.05) is 0 Å². The number of aromatic nitrogens is 2. The van der Waals surface area contributed by atoms with Crippen LogP contribution >= 0.6 is 0 Å². The number of sulfonamides is 1. The molecule has 0 spiro atoms. The summed E-state index contributed by atoms with van der Waals surface area (Å²) in [6, 6.07) is 12.9. The Morgan fingerprint density at radius 2 is 1.81 bits per heavy atom. The molecule has 3 aromatic rings. The lowest BCUT2D eigenvalue weighted by molar-refractivity contribution is 0.580. The molecule has 0 radical (unpaired) electrons. The molecule has 4 bridgehead atoms. The summed E-state index contributed by atoms with van der Waals surface area (Å²) < 4.78 is 51.0. The van der Waals surface area contributed by atoms with Crippen molar-refractivity contribution < 1.29 is 16.8 Å².